The molecule has 1 aliphatic carbocycles. The van der Waals surface area contributed by atoms with Crippen LogP contribution in [0, 0.1) is 0 Å². The third kappa shape index (κ3) is 1.47. The zero-order valence-electron chi connectivity index (χ0n) is 6.90. The quantitative estimate of drug-likeness (QED) is 0.719. The minimum atomic E-state index is -1.11. The van der Waals surface area contributed by atoms with Gasteiger partial charge in [0.1, 0.15) is 11.3 Å². The number of hydrogen-bond acceptors (Lipinski definition) is 3. The second kappa shape index (κ2) is 2.73. The largest absolute Gasteiger partial charge is 0.505 e. The summed E-state index contributed by atoms with van der Waals surface area (Å²) in [7, 11) is 0. The summed E-state index contributed by atoms with van der Waals surface area (Å²) in [5.74, 6) is -0.975. The fourth-order valence-corrected chi connectivity index (χ4v) is 1.24. The summed E-state index contributed by atoms with van der Waals surface area (Å²) in [5, 5.41) is 17.9. The molecule has 1 aromatic heterocycles. The first-order chi connectivity index (χ1) is 6.18. The molecule has 0 unspecified atom stereocenters. The summed E-state index contributed by atoms with van der Waals surface area (Å²) in [4.78, 5) is 14.6. The maximum absolute atomic E-state index is 10.6. The van der Waals surface area contributed by atoms with Crippen LogP contribution in [0.2, 0.25) is 0 Å². The van der Waals surface area contributed by atoms with E-state index in [1.165, 1.54) is 12.3 Å². The van der Waals surface area contributed by atoms with Gasteiger partial charge in [0, 0.05) is 11.6 Å². The number of carboxylic acid groups (broad SMARTS) is 1. The van der Waals surface area contributed by atoms with Crippen LogP contribution in [0.3, 0.4) is 0 Å². The van der Waals surface area contributed by atoms with E-state index < -0.39 is 5.97 Å². The van der Waals surface area contributed by atoms with E-state index in [-0.39, 0.29) is 11.3 Å². The lowest BCUT2D eigenvalue weighted by Crippen LogP contribution is -1.99. The van der Waals surface area contributed by atoms with Gasteiger partial charge in [-0.3, -0.25) is 4.98 Å². The molecule has 0 bridgehead atoms. The van der Waals surface area contributed by atoms with Gasteiger partial charge in [0.2, 0.25) is 0 Å². The molecular formula is C9H9NO3. The van der Waals surface area contributed by atoms with Gasteiger partial charge in [0.25, 0.3) is 0 Å². The van der Waals surface area contributed by atoms with E-state index in [1.54, 1.807) is 0 Å². The van der Waals surface area contributed by atoms with Crippen molar-refractivity contribution in [1.29, 1.82) is 0 Å². The summed E-state index contributed by atoms with van der Waals surface area (Å²) in [6.07, 6.45) is 3.34. The first kappa shape index (κ1) is 8.04. The average molecular weight is 179 g/mol. The Kier molecular flexibility index (Phi) is 1.69. The van der Waals surface area contributed by atoms with Crippen LogP contribution in [0.1, 0.15) is 34.8 Å². The van der Waals surface area contributed by atoms with E-state index in [4.69, 9.17) is 10.2 Å². The molecule has 1 heterocycles. The van der Waals surface area contributed by atoms with Crippen LogP contribution in [0.25, 0.3) is 0 Å². The third-order valence-corrected chi connectivity index (χ3v) is 2.13. The molecule has 4 heteroatoms. The zero-order chi connectivity index (χ0) is 9.42. The Morgan fingerprint density at radius 3 is 2.77 bits per heavy atom. The van der Waals surface area contributed by atoms with Crippen LogP contribution < -0.4 is 0 Å². The summed E-state index contributed by atoms with van der Waals surface area (Å²) in [6.45, 7) is 0. The fourth-order valence-electron chi connectivity index (χ4n) is 1.24. The van der Waals surface area contributed by atoms with Crippen molar-refractivity contribution in [2.75, 3.05) is 0 Å². The lowest BCUT2D eigenvalue weighted by Gasteiger charge is -2.01. The predicted octanol–water partition coefficient (Wildman–Crippen LogP) is 1.36. The Bertz CT molecular complexity index is 358. The molecule has 1 saturated carbocycles. The molecule has 2 rings (SSSR count). The van der Waals surface area contributed by atoms with Crippen molar-refractivity contribution in [3.63, 3.8) is 0 Å². The molecule has 13 heavy (non-hydrogen) atoms. The Morgan fingerprint density at radius 2 is 2.23 bits per heavy atom. The van der Waals surface area contributed by atoms with Crippen LogP contribution in [0.4, 0.5) is 0 Å². The summed E-state index contributed by atoms with van der Waals surface area (Å²) < 4.78 is 0. The molecule has 1 aromatic rings. The highest BCUT2D eigenvalue weighted by Crippen LogP contribution is 2.39. The molecular weight excluding hydrogens is 170 g/mol. The second-order valence-electron chi connectivity index (χ2n) is 3.21. The highest BCUT2D eigenvalue weighted by Gasteiger charge is 2.26. The zero-order valence-corrected chi connectivity index (χ0v) is 6.90. The van der Waals surface area contributed by atoms with Gasteiger partial charge in [0.05, 0.1) is 6.20 Å². The van der Waals surface area contributed by atoms with E-state index in [0.717, 1.165) is 18.5 Å². The molecule has 1 fully saturated rings. The van der Waals surface area contributed by atoms with Crippen LogP contribution in [0.15, 0.2) is 12.3 Å². The standard InChI is InChI=1S/C9H9NO3/c11-8-4-10-7(5-1-2-5)3-6(8)9(12)13/h3-5,11H,1-2H2,(H,12,13). The average Bonchev–Trinajstić information content (AvgIpc) is 2.87. The second-order valence-corrected chi connectivity index (χ2v) is 3.21. The number of aromatic nitrogens is 1. The number of hydrogen-bond donors (Lipinski definition) is 2. The van der Waals surface area contributed by atoms with Crippen LogP contribution >= 0.6 is 0 Å². The first-order valence-corrected chi connectivity index (χ1v) is 4.10. The highest BCUT2D eigenvalue weighted by atomic mass is 16.4. The van der Waals surface area contributed by atoms with Crippen LogP contribution in [0.5, 0.6) is 5.75 Å². The molecule has 2 N–H and O–H groups in total. The van der Waals surface area contributed by atoms with Crippen molar-refractivity contribution in [1.82, 2.24) is 4.98 Å². The molecule has 0 amide bonds. The van der Waals surface area contributed by atoms with Gasteiger partial charge >= 0.3 is 5.97 Å². The fraction of sp³-hybridized carbons (Fsp3) is 0.333. The van der Waals surface area contributed by atoms with Gasteiger partial charge in [-0.1, -0.05) is 0 Å². The number of carbonyl (C=O) groups is 1. The van der Waals surface area contributed by atoms with Crippen molar-refractivity contribution in [2.45, 2.75) is 18.8 Å². The molecule has 1 aliphatic rings. The minimum absolute atomic E-state index is 0.0584. The van der Waals surface area contributed by atoms with Gasteiger partial charge in [-0.05, 0) is 18.9 Å². The van der Waals surface area contributed by atoms with Crippen LogP contribution in [-0.2, 0) is 0 Å². The molecule has 0 aliphatic heterocycles. The Hall–Kier alpha value is -1.58. The van der Waals surface area contributed by atoms with Gasteiger partial charge in [-0.15, -0.1) is 0 Å². The van der Waals surface area contributed by atoms with Gasteiger partial charge in [-0.25, -0.2) is 4.79 Å². The molecule has 0 spiro atoms. The predicted molar refractivity (Wildman–Crippen MR) is 44.8 cm³/mol. The van der Waals surface area contributed by atoms with E-state index in [0.29, 0.717) is 5.92 Å². The van der Waals surface area contributed by atoms with Gasteiger partial charge in [-0.2, -0.15) is 0 Å². The SMILES string of the molecule is O=C(O)c1cc(C2CC2)ncc1O. The number of aromatic carboxylic acids is 1. The lowest BCUT2D eigenvalue weighted by molar-refractivity contribution is 0.0693. The van der Waals surface area contributed by atoms with Crippen molar-refractivity contribution in [3.8, 4) is 5.75 Å². The first-order valence-electron chi connectivity index (χ1n) is 4.10. The number of aromatic hydroxyl groups is 1. The molecule has 0 aromatic carbocycles. The normalized spacial score (nSPS) is 15.7. The molecule has 0 radical (unpaired) electrons. The van der Waals surface area contributed by atoms with Gasteiger partial charge < -0.3 is 10.2 Å². The van der Waals surface area contributed by atoms with Crippen molar-refractivity contribution < 1.29 is 15.0 Å². The smallest absolute Gasteiger partial charge is 0.339 e. The topological polar surface area (TPSA) is 70.4 Å². The molecule has 0 atom stereocenters. The van der Waals surface area contributed by atoms with E-state index in [9.17, 15) is 4.79 Å². The Balaban J connectivity index is 2.41. The third-order valence-electron chi connectivity index (χ3n) is 2.13. The number of rotatable bonds is 2. The van der Waals surface area contributed by atoms with Crippen LogP contribution in [-0.4, -0.2) is 21.2 Å². The number of nitrogens with zero attached hydrogens (tertiary/aromatic N) is 1. The number of pyridine rings is 1. The number of carboxylic acids is 1. The summed E-state index contributed by atoms with van der Waals surface area (Å²) in [6, 6.07) is 1.45. The maximum Gasteiger partial charge on any atom is 0.339 e. The minimum Gasteiger partial charge on any atom is -0.505 e. The van der Waals surface area contributed by atoms with E-state index >= 15 is 0 Å². The molecule has 4 nitrogen and oxygen atoms in total. The molecule has 0 saturated heterocycles. The molecule has 68 valence electrons. The summed E-state index contributed by atoms with van der Waals surface area (Å²) in [5.41, 5.74) is 0.715. The Labute approximate surface area is 74.9 Å². The van der Waals surface area contributed by atoms with Crippen molar-refractivity contribution in [3.05, 3.63) is 23.5 Å². The summed E-state index contributed by atoms with van der Waals surface area (Å²) >= 11 is 0. The Morgan fingerprint density at radius 1 is 1.54 bits per heavy atom. The van der Waals surface area contributed by atoms with Crippen molar-refractivity contribution >= 4 is 5.97 Å². The maximum atomic E-state index is 10.6. The highest BCUT2D eigenvalue weighted by molar-refractivity contribution is 5.90. The van der Waals surface area contributed by atoms with E-state index in [2.05, 4.69) is 4.98 Å². The lowest BCUT2D eigenvalue weighted by atomic mass is 10.1. The monoisotopic (exact) mass is 179 g/mol. The van der Waals surface area contributed by atoms with Gasteiger partial charge in [0.15, 0.2) is 0 Å². The van der Waals surface area contributed by atoms with Crippen molar-refractivity contribution in [2.24, 2.45) is 0 Å². The van der Waals surface area contributed by atoms with E-state index in [1.807, 2.05) is 0 Å².